The lowest BCUT2D eigenvalue weighted by Gasteiger charge is -2.08. The third-order valence-corrected chi connectivity index (χ3v) is 3.30. The quantitative estimate of drug-likeness (QED) is 0.429. The summed E-state index contributed by atoms with van der Waals surface area (Å²) in [4.78, 5) is 22.5. The van der Waals surface area contributed by atoms with Gasteiger partial charge in [0.25, 0.3) is 11.6 Å². The van der Waals surface area contributed by atoms with E-state index in [9.17, 15) is 14.9 Å². The van der Waals surface area contributed by atoms with Crippen LogP contribution in [0.3, 0.4) is 0 Å². The van der Waals surface area contributed by atoms with Gasteiger partial charge < -0.3 is 11.1 Å². The Hall–Kier alpha value is -3.75. The SMILES string of the molecule is Nc1ccc([N+](=O)[O-])cc1C(=O)Nc1ccc(-n2ccnn2)cc1. The molecule has 0 saturated heterocycles. The summed E-state index contributed by atoms with van der Waals surface area (Å²) in [6, 6.07) is 10.6. The second kappa shape index (κ2) is 6.16. The molecule has 0 aliphatic heterocycles. The Morgan fingerprint density at radius 1 is 1.21 bits per heavy atom. The van der Waals surface area contributed by atoms with Crippen LogP contribution in [0, 0.1) is 10.1 Å². The number of nitrogens with zero attached hydrogens (tertiary/aromatic N) is 4. The lowest BCUT2D eigenvalue weighted by Crippen LogP contribution is -2.14. The molecule has 3 N–H and O–H groups in total. The normalized spacial score (nSPS) is 10.3. The molecule has 24 heavy (non-hydrogen) atoms. The van der Waals surface area contributed by atoms with E-state index in [-0.39, 0.29) is 16.9 Å². The number of anilines is 2. The first-order valence-corrected chi connectivity index (χ1v) is 6.86. The van der Waals surface area contributed by atoms with Crippen molar-refractivity contribution in [2.24, 2.45) is 0 Å². The summed E-state index contributed by atoms with van der Waals surface area (Å²) in [5.41, 5.74) is 7.04. The van der Waals surface area contributed by atoms with Crippen LogP contribution in [0.4, 0.5) is 17.1 Å². The molecule has 0 aliphatic carbocycles. The van der Waals surface area contributed by atoms with Crippen molar-refractivity contribution in [1.29, 1.82) is 0 Å². The standard InChI is InChI=1S/C15H12N6O3/c16-14-6-5-12(21(23)24)9-13(14)15(22)18-10-1-3-11(4-2-10)20-8-7-17-19-20/h1-9H,16H2,(H,18,22). The van der Waals surface area contributed by atoms with Crippen molar-refractivity contribution in [3.63, 3.8) is 0 Å². The van der Waals surface area contributed by atoms with Gasteiger partial charge in [-0.05, 0) is 30.3 Å². The highest BCUT2D eigenvalue weighted by molar-refractivity contribution is 6.08. The highest BCUT2D eigenvalue weighted by atomic mass is 16.6. The zero-order chi connectivity index (χ0) is 17.1. The van der Waals surface area contributed by atoms with Crippen molar-refractivity contribution in [2.45, 2.75) is 0 Å². The van der Waals surface area contributed by atoms with E-state index in [0.29, 0.717) is 5.69 Å². The number of hydrogen-bond acceptors (Lipinski definition) is 6. The monoisotopic (exact) mass is 324 g/mol. The molecule has 1 heterocycles. The fourth-order valence-electron chi connectivity index (χ4n) is 2.10. The Kier molecular flexibility index (Phi) is 3.89. The Balaban J connectivity index is 1.80. The average molecular weight is 324 g/mol. The molecule has 0 aliphatic rings. The minimum Gasteiger partial charge on any atom is -0.398 e. The van der Waals surface area contributed by atoms with E-state index >= 15 is 0 Å². The molecule has 1 amide bonds. The minimum absolute atomic E-state index is 0.0459. The van der Waals surface area contributed by atoms with Gasteiger partial charge in [-0.2, -0.15) is 0 Å². The molecule has 0 spiro atoms. The molecule has 9 nitrogen and oxygen atoms in total. The van der Waals surface area contributed by atoms with E-state index < -0.39 is 10.8 Å². The second-order valence-corrected chi connectivity index (χ2v) is 4.88. The number of carbonyl (C=O) groups is 1. The van der Waals surface area contributed by atoms with Crippen molar-refractivity contribution in [2.75, 3.05) is 11.1 Å². The molecule has 0 fully saturated rings. The second-order valence-electron chi connectivity index (χ2n) is 4.88. The molecule has 1 aromatic heterocycles. The first-order valence-electron chi connectivity index (χ1n) is 6.86. The first kappa shape index (κ1) is 15.2. The maximum absolute atomic E-state index is 12.3. The van der Waals surface area contributed by atoms with Gasteiger partial charge in [-0.1, -0.05) is 5.21 Å². The Morgan fingerprint density at radius 3 is 2.58 bits per heavy atom. The van der Waals surface area contributed by atoms with Gasteiger partial charge in [0.05, 0.1) is 28.6 Å². The van der Waals surface area contributed by atoms with Gasteiger partial charge in [0.1, 0.15) is 0 Å². The molecule has 3 aromatic rings. The lowest BCUT2D eigenvalue weighted by atomic mass is 10.1. The van der Waals surface area contributed by atoms with Crippen LogP contribution in [0.2, 0.25) is 0 Å². The average Bonchev–Trinajstić information content (AvgIpc) is 3.10. The first-order chi connectivity index (χ1) is 11.5. The number of amides is 1. The lowest BCUT2D eigenvalue weighted by molar-refractivity contribution is -0.384. The number of nitrogen functional groups attached to an aromatic ring is 1. The molecule has 0 atom stereocenters. The van der Waals surface area contributed by atoms with E-state index in [0.717, 1.165) is 11.8 Å². The van der Waals surface area contributed by atoms with Gasteiger partial charge in [0.2, 0.25) is 0 Å². The molecular formula is C15H12N6O3. The number of carbonyl (C=O) groups excluding carboxylic acids is 1. The Bertz CT molecular complexity index is 890. The smallest absolute Gasteiger partial charge is 0.270 e. The molecule has 0 radical (unpaired) electrons. The molecule has 0 saturated carbocycles. The van der Waals surface area contributed by atoms with E-state index in [1.165, 1.54) is 12.1 Å². The molecule has 9 heteroatoms. The number of aromatic nitrogens is 3. The molecule has 0 unspecified atom stereocenters. The summed E-state index contributed by atoms with van der Waals surface area (Å²) in [6.07, 6.45) is 3.25. The molecule has 120 valence electrons. The third kappa shape index (κ3) is 3.04. The summed E-state index contributed by atoms with van der Waals surface area (Å²) in [5, 5.41) is 21.0. The zero-order valence-electron chi connectivity index (χ0n) is 12.3. The van der Waals surface area contributed by atoms with Gasteiger partial charge in [0, 0.05) is 23.5 Å². The van der Waals surface area contributed by atoms with Crippen molar-refractivity contribution in [3.05, 3.63) is 70.5 Å². The molecule has 3 rings (SSSR count). The van der Waals surface area contributed by atoms with E-state index in [1.54, 1.807) is 41.3 Å². The van der Waals surface area contributed by atoms with Crippen molar-refractivity contribution in [1.82, 2.24) is 15.0 Å². The third-order valence-electron chi connectivity index (χ3n) is 3.30. The van der Waals surface area contributed by atoms with Gasteiger partial charge in [-0.15, -0.1) is 5.10 Å². The number of non-ortho nitro benzene ring substituents is 1. The molecular weight excluding hydrogens is 312 g/mol. The van der Waals surface area contributed by atoms with Gasteiger partial charge in [0.15, 0.2) is 0 Å². The summed E-state index contributed by atoms with van der Waals surface area (Å²) in [6.45, 7) is 0. The largest absolute Gasteiger partial charge is 0.398 e. The fourth-order valence-corrected chi connectivity index (χ4v) is 2.10. The summed E-state index contributed by atoms with van der Waals surface area (Å²) < 4.78 is 1.57. The van der Waals surface area contributed by atoms with Crippen molar-refractivity contribution in [3.8, 4) is 5.69 Å². The van der Waals surface area contributed by atoms with Crippen LogP contribution in [0.15, 0.2) is 54.9 Å². The van der Waals surface area contributed by atoms with Crippen LogP contribution >= 0.6 is 0 Å². The van der Waals surface area contributed by atoms with E-state index in [2.05, 4.69) is 15.6 Å². The number of nitro benzene ring substituents is 1. The summed E-state index contributed by atoms with van der Waals surface area (Å²) >= 11 is 0. The maximum atomic E-state index is 12.3. The van der Waals surface area contributed by atoms with E-state index in [1.807, 2.05) is 0 Å². The number of nitro groups is 1. The predicted molar refractivity (Wildman–Crippen MR) is 86.8 cm³/mol. The van der Waals surface area contributed by atoms with Crippen LogP contribution in [-0.2, 0) is 0 Å². The summed E-state index contributed by atoms with van der Waals surface area (Å²) in [7, 11) is 0. The van der Waals surface area contributed by atoms with Crippen LogP contribution in [0.25, 0.3) is 5.69 Å². The highest BCUT2D eigenvalue weighted by Crippen LogP contribution is 2.21. The Labute approximate surface area is 135 Å². The maximum Gasteiger partial charge on any atom is 0.270 e. The number of hydrogen-bond donors (Lipinski definition) is 2. The number of benzene rings is 2. The van der Waals surface area contributed by atoms with E-state index in [4.69, 9.17) is 5.73 Å². The molecule has 0 bridgehead atoms. The van der Waals surface area contributed by atoms with Gasteiger partial charge >= 0.3 is 0 Å². The van der Waals surface area contributed by atoms with Crippen LogP contribution < -0.4 is 11.1 Å². The minimum atomic E-state index is -0.580. The molecule has 2 aromatic carbocycles. The highest BCUT2D eigenvalue weighted by Gasteiger charge is 2.15. The number of nitrogens with two attached hydrogens (primary N) is 1. The summed E-state index contributed by atoms with van der Waals surface area (Å²) in [5.74, 6) is -0.523. The van der Waals surface area contributed by atoms with Crippen LogP contribution in [0.1, 0.15) is 10.4 Å². The number of nitrogens with one attached hydrogen (secondary N) is 1. The zero-order valence-corrected chi connectivity index (χ0v) is 12.3. The fraction of sp³-hybridized carbons (Fsp3) is 0. The topological polar surface area (TPSA) is 129 Å². The Morgan fingerprint density at radius 2 is 1.96 bits per heavy atom. The predicted octanol–water partition coefficient (Wildman–Crippen LogP) is 2.01. The van der Waals surface area contributed by atoms with Crippen molar-refractivity contribution < 1.29 is 9.72 Å². The van der Waals surface area contributed by atoms with Crippen molar-refractivity contribution >= 4 is 23.0 Å². The number of rotatable bonds is 4. The van der Waals surface area contributed by atoms with Gasteiger partial charge in [-0.25, -0.2) is 4.68 Å². The van der Waals surface area contributed by atoms with Gasteiger partial charge in [-0.3, -0.25) is 14.9 Å². The van der Waals surface area contributed by atoms with Crippen LogP contribution in [-0.4, -0.2) is 25.8 Å². The van der Waals surface area contributed by atoms with Crippen LogP contribution in [0.5, 0.6) is 0 Å².